The Labute approximate surface area is 121 Å². The number of methoxy groups -OCH3 is 2. The van der Waals surface area contributed by atoms with Crippen LogP contribution in [-0.4, -0.2) is 19.2 Å². The number of fused-ring (bicyclic) bond motifs is 1. The molecule has 3 aromatic rings. The van der Waals surface area contributed by atoms with Crippen molar-refractivity contribution in [1.82, 2.24) is 4.98 Å². The highest BCUT2D eigenvalue weighted by Crippen LogP contribution is 2.37. The maximum Gasteiger partial charge on any atom is 0.132 e. The molecule has 0 spiro atoms. The second-order valence-electron chi connectivity index (χ2n) is 4.56. The molecule has 0 saturated heterocycles. The fourth-order valence-corrected chi connectivity index (χ4v) is 3.10. The van der Waals surface area contributed by atoms with Gasteiger partial charge in [0.1, 0.15) is 16.5 Å². The van der Waals surface area contributed by atoms with Gasteiger partial charge in [0.15, 0.2) is 0 Å². The van der Waals surface area contributed by atoms with Gasteiger partial charge in [0.2, 0.25) is 0 Å². The number of aryl methyl sites for hydroxylation is 1. The summed E-state index contributed by atoms with van der Waals surface area (Å²) in [5.41, 5.74) is 3.24. The molecule has 0 aliphatic carbocycles. The first-order valence-electron chi connectivity index (χ1n) is 6.31. The summed E-state index contributed by atoms with van der Waals surface area (Å²) >= 11 is 1.67. The molecule has 20 heavy (non-hydrogen) atoms. The molecule has 3 rings (SSSR count). The van der Waals surface area contributed by atoms with E-state index in [0.29, 0.717) is 0 Å². The van der Waals surface area contributed by atoms with Gasteiger partial charge in [0, 0.05) is 6.07 Å². The molecular weight excluding hydrogens is 270 g/mol. The molecule has 1 heterocycles. The zero-order valence-corrected chi connectivity index (χ0v) is 12.5. The van der Waals surface area contributed by atoms with E-state index in [1.165, 1.54) is 10.3 Å². The molecule has 2 aromatic carbocycles. The quantitative estimate of drug-likeness (QED) is 0.719. The van der Waals surface area contributed by atoms with Crippen molar-refractivity contribution in [2.24, 2.45) is 0 Å². The topological polar surface area (TPSA) is 31.4 Å². The molecule has 0 aliphatic heterocycles. The Morgan fingerprint density at radius 3 is 2.60 bits per heavy atom. The molecule has 0 bridgehead atoms. The Morgan fingerprint density at radius 1 is 1.00 bits per heavy atom. The minimum absolute atomic E-state index is 0.778. The Kier molecular flexibility index (Phi) is 3.32. The van der Waals surface area contributed by atoms with Crippen LogP contribution in [0.1, 0.15) is 5.56 Å². The number of aromatic nitrogens is 1. The van der Waals surface area contributed by atoms with Gasteiger partial charge in [0.25, 0.3) is 0 Å². The number of benzene rings is 2. The Balaban J connectivity index is 2.14. The Hall–Kier alpha value is -2.07. The molecule has 0 saturated carbocycles. The van der Waals surface area contributed by atoms with E-state index in [2.05, 4.69) is 25.1 Å². The van der Waals surface area contributed by atoms with E-state index in [4.69, 9.17) is 14.5 Å². The molecular formula is C16H15NO2S. The van der Waals surface area contributed by atoms with Gasteiger partial charge in [-0.3, -0.25) is 0 Å². The molecule has 102 valence electrons. The van der Waals surface area contributed by atoms with E-state index < -0.39 is 0 Å². The van der Waals surface area contributed by atoms with E-state index >= 15 is 0 Å². The lowest BCUT2D eigenvalue weighted by molar-refractivity contribution is 0.395. The van der Waals surface area contributed by atoms with Crippen molar-refractivity contribution in [1.29, 1.82) is 0 Å². The lowest BCUT2D eigenvalue weighted by Gasteiger charge is -2.07. The Bertz CT molecular complexity index is 764. The van der Waals surface area contributed by atoms with Crippen molar-refractivity contribution < 1.29 is 9.47 Å². The molecule has 0 aliphatic rings. The second kappa shape index (κ2) is 5.13. The van der Waals surface area contributed by atoms with Gasteiger partial charge < -0.3 is 9.47 Å². The van der Waals surface area contributed by atoms with Gasteiger partial charge in [-0.25, -0.2) is 4.98 Å². The zero-order valence-electron chi connectivity index (χ0n) is 11.6. The summed E-state index contributed by atoms with van der Waals surface area (Å²) in [6.45, 7) is 2.08. The maximum absolute atomic E-state index is 5.45. The van der Waals surface area contributed by atoms with Crippen molar-refractivity contribution >= 4 is 21.6 Å². The highest BCUT2D eigenvalue weighted by molar-refractivity contribution is 7.21. The molecule has 1 aromatic heterocycles. The number of hydrogen-bond acceptors (Lipinski definition) is 4. The molecule has 0 radical (unpaired) electrons. The third-order valence-electron chi connectivity index (χ3n) is 3.18. The maximum atomic E-state index is 5.45. The second-order valence-corrected chi connectivity index (χ2v) is 5.59. The van der Waals surface area contributed by atoms with Crippen LogP contribution in [-0.2, 0) is 0 Å². The number of ether oxygens (including phenoxy) is 2. The minimum Gasteiger partial charge on any atom is -0.497 e. The van der Waals surface area contributed by atoms with E-state index in [0.717, 1.165) is 27.6 Å². The lowest BCUT2D eigenvalue weighted by atomic mass is 10.2. The van der Waals surface area contributed by atoms with E-state index in [1.807, 2.05) is 18.2 Å². The minimum atomic E-state index is 0.778. The monoisotopic (exact) mass is 285 g/mol. The van der Waals surface area contributed by atoms with Crippen LogP contribution in [0.2, 0.25) is 0 Å². The molecule has 0 amide bonds. The van der Waals surface area contributed by atoms with Crippen molar-refractivity contribution in [2.45, 2.75) is 6.92 Å². The smallest absolute Gasteiger partial charge is 0.132 e. The van der Waals surface area contributed by atoms with Crippen molar-refractivity contribution in [2.75, 3.05) is 14.2 Å². The van der Waals surface area contributed by atoms with Gasteiger partial charge in [-0.05, 0) is 36.8 Å². The Morgan fingerprint density at radius 2 is 1.85 bits per heavy atom. The summed E-state index contributed by atoms with van der Waals surface area (Å²) in [7, 11) is 3.31. The van der Waals surface area contributed by atoms with Crippen LogP contribution in [0.3, 0.4) is 0 Å². The number of rotatable bonds is 3. The number of nitrogens with zero attached hydrogens (tertiary/aromatic N) is 1. The summed E-state index contributed by atoms with van der Waals surface area (Å²) in [6, 6.07) is 12.1. The van der Waals surface area contributed by atoms with Gasteiger partial charge in [-0.2, -0.15) is 0 Å². The van der Waals surface area contributed by atoms with Crippen LogP contribution in [0.15, 0.2) is 36.4 Å². The first-order valence-corrected chi connectivity index (χ1v) is 7.12. The normalized spacial score (nSPS) is 10.8. The third kappa shape index (κ3) is 2.23. The van der Waals surface area contributed by atoms with Gasteiger partial charge in [-0.15, -0.1) is 11.3 Å². The zero-order chi connectivity index (χ0) is 14.1. The predicted octanol–water partition coefficient (Wildman–Crippen LogP) is 4.29. The van der Waals surface area contributed by atoms with Crippen molar-refractivity contribution in [3.05, 3.63) is 42.0 Å². The van der Waals surface area contributed by atoms with Crippen LogP contribution in [0.4, 0.5) is 0 Å². The predicted molar refractivity (Wildman–Crippen MR) is 82.9 cm³/mol. The lowest BCUT2D eigenvalue weighted by Crippen LogP contribution is -1.89. The van der Waals surface area contributed by atoms with Crippen LogP contribution < -0.4 is 9.47 Å². The largest absolute Gasteiger partial charge is 0.497 e. The van der Waals surface area contributed by atoms with Gasteiger partial charge in [-0.1, -0.05) is 6.07 Å². The van der Waals surface area contributed by atoms with Crippen LogP contribution in [0, 0.1) is 6.92 Å². The van der Waals surface area contributed by atoms with E-state index in [-0.39, 0.29) is 0 Å². The van der Waals surface area contributed by atoms with Crippen LogP contribution in [0.25, 0.3) is 20.8 Å². The summed E-state index contributed by atoms with van der Waals surface area (Å²) in [5, 5.41) is 0.963. The van der Waals surface area contributed by atoms with Crippen molar-refractivity contribution in [3.8, 4) is 22.1 Å². The number of hydrogen-bond donors (Lipinski definition) is 0. The molecule has 3 nitrogen and oxygen atoms in total. The first kappa shape index (κ1) is 12.9. The van der Waals surface area contributed by atoms with Gasteiger partial charge in [0.05, 0.1) is 30.0 Å². The highest BCUT2D eigenvalue weighted by Gasteiger charge is 2.12. The molecule has 0 unspecified atom stereocenters. The van der Waals surface area contributed by atoms with Crippen LogP contribution in [0.5, 0.6) is 11.5 Å². The molecule has 4 heteroatoms. The van der Waals surface area contributed by atoms with Crippen LogP contribution >= 0.6 is 11.3 Å². The SMILES string of the molecule is COc1ccc(-c2nc3cc(C)ccc3s2)c(OC)c1. The molecule has 0 atom stereocenters. The average molecular weight is 285 g/mol. The molecule has 0 fully saturated rings. The summed E-state index contributed by atoms with van der Waals surface area (Å²) in [4.78, 5) is 4.71. The van der Waals surface area contributed by atoms with E-state index in [9.17, 15) is 0 Å². The molecule has 0 N–H and O–H groups in total. The highest BCUT2D eigenvalue weighted by atomic mass is 32.1. The summed E-state index contributed by atoms with van der Waals surface area (Å²) in [5.74, 6) is 1.56. The fraction of sp³-hybridized carbons (Fsp3) is 0.188. The third-order valence-corrected chi connectivity index (χ3v) is 4.25. The number of thiazole rings is 1. The fourth-order valence-electron chi connectivity index (χ4n) is 2.13. The summed E-state index contributed by atoms with van der Waals surface area (Å²) < 4.78 is 11.9. The van der Waals surface area contributed by atoms with Gasteiger partial charge >= 0.3 is 0 Å². The van der Waals surface area contributed by atoms with Crippen molar-refractivity contribution in [3.63, 3.8) is 0 Å². The summed E-state index contributed by atoms with van der Waals surface area (Å²) in [6.07, 6.45) is 0. The van der Waals surface area contributed by atoms with E-state index in [1.54, 1.807) is 25.6 Å². The standard InChI is InChI=1S/C16H15NO2S/c1-10-4-7-15-13(8-10)17-16(20-15)12-6-5-11(18-2)9-14(12)19-3/h4-9H,1-3H3. The first-order chi connectivity index (χ1) is 9.71. The average Bonchev–Trinajstić information content (AvgIpc) is 2.89.